The largest absolute Gasteiger partial charge is 0.394 e. The Kier molecular flexibility index (Phi) is 5.01. The zero-order valence-electron chi connectivity index (χ0n) is 13.7. The number of aliphatic hydroxyl groups is 1. The average molecular weight is 324 g/mol. The van der Waals surface area contributed by atoms with Gasteiger partial charge < -0.3 is 28.8 Å². The van der Waals surface area contributed by atoms with Crippen molar-refractivity contribution in [2.45, 2.75) is 56.9 Å². The number of benzene rings is 1. The van der Waals surface area contributed by atoms with Crippen molar-refractivity contribution in [1.29, 1.82) is 0 Å². The molecule has 0 unspecified atom stereocenters. The van der Waals surface area contributed by atoms with E-state index in [1.807, 2.05) is 44.2 Å². The van der Waals surface area contributed by atoms with Crippen molar-refractivity contribution in [3.8, 4) is 0 Å². The molecule has 128 valence electrons. The Bertz CT molecular complexity index is 501. The first kappa shape index (κ1) is 16.8. The maximum absolute atomic E-state index is 9.51. The van der Waals surface area contributed by atoms with E-state index in [0.29, 0.717) is 6.61 Å². The number of hydrogen-bond acceptors (Lipinski definition) is 6. The molecule has 2 fully saturated rings. The third-order valence-corrected chi connectivity index (χ3v) is 4.16. The van der Waals surface area contributed by atoms with E-state index in [0.717, 1.165) is 5.56 Å². The van der Waals surface area contributed by atoms with Crippen LogP contribution in [0.1, 0.15) is 19.4 Å². The molecule has 5 atom stereocenters. The van der Waals surface area contributed by atoms with Crippen LogP contribution < -0.4 is 0 Å². The van der Waals surface area contributed by atoms with Crippen LogP contribution in [0.4, 0.5) is 0 Å². The first-order valence-corrected chi connectivity index (χ1v) is 7.84. The van der Waals surface area contributed by atoms with Crippen molar-refractivity contribution in [3.05, 3.63) is 35.9 Å². The van der Waals surface area contributed by atoms with Gasteiger partial charge in [0.05, 0.1) is 13.2 Å². The van der Waals surface area contributed by atoms with E-state index < -0.39 is 24.3 Å². The normalized spacial score (nSPS) is 33.6. The first-order chi connectivity index (χ1) is 11.0. The van der Waals surface area contributed by atoms with Crippen LogP contribution >= 0.6 is 0 Å². The molecule has 0 saturated carbocycles. The van der Waals surface area contributed by atoms with Crippen LogP contribution in [-0.2, 0) is 30.3 Å². The van der Waals surface area contributed by atoms with E-state index in [4.69, 9.17) is 23.7 Å². The van der Waals surface area contributed by atoms with Gasteiger partial charge in [0, 0.05) is 7.11 Å². The van der Waals surface area contributed by atoms with Crippen LogP contribution in [0.3, 0.4) is 0 Å². The van der Waals surface area contributed by atoms with Crippen molar-refractivity contribution in [3.63, 3.8) is 0 Å². The molecule has 2 heterocycles. The van der Waals surface area contributed by atoms with Gasteiger partial charge in [0.2, 0.25) is 0 Å². The molecule has 2 aliphatic heterocycles. The number of fused-ring (bicyclic) bond motifs is 1. The molecule has 2 saturated heterocycles. The van der Waals surface area contributed by atoms with Crippen LogP contribution in [0.2, 0.25) is 0 Å². The summed E-state index contributed by atoms with van der Waals surface area (Å²) in [5.74, 6) is -0.712. The summed E-state index contributed by atoms with van der Waals surface area (Å²) < 4.78 is 29.0. The van der Waals surface area contributed by atoms with Crippen molar-refractivity contribution in [2.75, 3.05) is 13.7 Å². The summed E-state index contributed by atoms with van der Waals surface area (Å²) >= 11 is 0. The quantitative estimate of drug-likeness (QED) is 0.854. The summed E-state index contributed by atoms with van der Waals surface area (Å²) in [7, 11) is 1.54. The summed E-state index contributed by atoms with van der Waals surface area (Å²) in [6.07, 6.45) is -2.17. The molecule has 6 nitrogen and oxygen atoms in total. The lowest BCUT2D eigenvalue weighted by atomic mass is 10.1. The van der Waals surface area contributed by atoms with Gasteiger partial charge in [-0.2, -0.15) is 0 Å². The lowest BCUT2D eigenvalue weighted by Gasteiger charge is -2.29. The molecule has 3 rings (SSSR count). The zero-order chi connectivity index (χ0) is 16.4. The summed E-state index contributed by atoms with van der Waals surface area (Å²) in [6, 6.07) is 9.89. The zero-order valence-corrected chi connectivity index (χ0v) is 13.7. The predicted octanol–water partition coefficient (Wildman–Crippen LogP) is 1.46. The van der Waals surface area contributed by atoms with E-state index in [1.54, 1.807) is 0 Å². The topological polar surface area (TPSA) is 66.4 Å². The molecular weight excluding hydrogens is 300 g/mol. The van der Waals surface area contributed by atoms with Crippen molar-refractivity contribution < 1.29 is 28.8 Å². The molecule has 23 heavy (non-hydrogen) atoms. The second kappa shape index (κ2) is 6.84. The number of methoxy groups -OCH3 is 1. The van der Waals surface area contributed by atoms with Gasteiger partial charge in [-0.25, -0.2) is 0 Å². The summed E-state index contributed by atoms with van der Waals surface area (Å²) in [5.41, 5.74) is 1.06. The third kappa shape index (κ3) is 3.57. The van der Waals surface area contributed by atoms with Crippen LogP contribution in [-0.4, -0.2) is 55.3 Å². The van der Waals surface area contributed by atoms with E-state index >= 15 is 0 Å². The monoisotopic (exact) mass is 324 g/mol. The summed E-state index contributed by atoms with van der Waals surface area (Å²) in [5, 5.41) is 9.51. The highest BCUT2D eigenvalue weighted by molar-refractivity contribution is 5.13. The van der Waals surface area contributed by atoms with Gasteiger partial charge in [-0.15, -0.1) is 0 Å². The Balaban J connectivity index is 1.73. The second-order valence-corrected chi connectivity index (χ2v) is 6.29. The van der Waals surface area contributed by atoms with Gasteiger partial charge in [-0.05, 0) is 19.4 Å². The van der Waals surface area contributed by atoms with Gasteiger partial charge in [-0.1, -0.05) is 30.3 Å². The molecular formula is C17H24O6. The highest BCUT2D eigenvalue weighted by atomic mass is 16.8. The molecule has 0 bridgehead atoms. The van der Waals surface area contributed by atoms with Gasteiger partial charge in [0.15, 0.2) is 12.1 Å². The lowest BCUT2D eigenvalue weighted by Crippen LogP contribution is -2.44. The van der Waals surface area contributed by atoms with Gasteiger partial charge >= 0.3 is 0 Å². The molecule has 2 aliphatic rings. The Morgan fingerprint density at radius 3 is 2.61 bits per heavy atom. The number of ether oxygens (including phenoxy) is 5. The first-order valence-electron chi connectivity index (χ1n) is 7.84. The molecule has 0 spiro atoms. The Hall–Kier alpha value is -1.02. The fraction of sp³-hybridized carbons (Fsp3) is 0.647. The van der Waals surface area contributed by atoms with Crippen molar-refractivity contribution in [1.82, 2.24) is 0 Å². The van der Waals surface area contributed by atoms with Gasteiger partial charge in [0.1, 0.15) is 24.4 Å². The minimum atomic E-state index is -0.712. The van der Waals surface area contributed by atoms with Crippen LogP contribution in [0.15, 0.2) is 30.3 Å². The summed E-state index contributed by atoms with van der Waals surface area (Å²) in [6.45, 7) is 3.96. The van der Waals surface area contributed by atoms with E-state index in [-0.39, 0.29) is 18.8 Å². The fourth-order valence-corrected chi connectivity index (χ4v) is 3.07. The number of hydrogen-bond donors (Lipinski definition) is 1. The maximum atomic E-state index is 9.51. The minimum absolute atomic E-state index is 0.158. The number of aliphatic hydroxyl groups excluding tert-OH is 1. The summed E-state index contributed by atoms with van der Waals surface area (Å²) in [4.78, 5) is 0. The second-order valence-electron chi connectivity index (χ2n) is 6.29. The van der Waals surface area contributed by atoms with Crippen molar-refractivity contribution in [2.24, 2.45) is 0 Å². The average Bonchev–Trinajstić information content (AvgIpc) is 3.00. The van der Waals surface area contributed by atoms with Crippen LogP contribution in [0.5, 0.6) is 0 Å². The minimum Gasteiger partial charge on any atom is -0.394 e. The Morgan fingerprint density at radius 2 is 1.96 bits per heavy atom. The molecule has 0 amide bonds. The molecule has 0 radical (unpaired) electrons. The Morgan fingerprint density at radius 1 is 1.22 bits per heavy atom. The van der Waals surface area contributed by atoms with Crippen molar-refractivity contribution >= 4 is 0 Å². The Labute approximate surface area is 136 Å². The van der Waals surface area contributed by atoms with Gasteiger partial charge in [-0.3, -0.25) is 0 Å². The smallest absolute Gasteiger partial charge is 0.190 e. The highest BCUT2D eigenvalue weighted by Crippen LogP contribution is 2.40. The third-order valence-electron chi connectivity index (χ3n) is 4.16. The van der Waals surface area contributed by atoms with E-state index in [2.05, 4.69) is 0 Å². The molecule has 6 heteroatoms. The SMILES string of the molecule is CO[C@H](CO)[C@H]1O[C@@H]2OC(C)(C)O[C@@H]2[C@H]1OCc1ccccc1. The fourth-order valence-electron chi connectivity index (χ4n) is 3.07. The predicted molar refractivity (Wildman–Crippen MR) is 81.6 cm³/mol. The van der Waals surface area contributed by atoms with Crippen LogP contribution in [0.25, 0.3) is 0 Å². The molecule has 0 aliphatic carbocycles. The van der Waals surface area contributed by atoms with E-state index in [1.165, 1.54) is 7.11 Å². The lowest BCUT2D eigenvalue weighted by molar-refractivity contribution is -0.234. The molecule has 0 aromatic heterocycles. The molecule has 1 aromatic carbocycles. The highest BCUT2D eigenvalue weighted by Gasteiger charge is 2.57. The van der Waals surface area contributed by atoms with Crippen LogP contribution in [0, 0.1) is 0 Å². The maximum Gasteiger partial charge on any atom is 0.190 e. The molecule has 1 aromatic rings. The number of rotatable bonds is 6. The molecule has 1 N–H and O–H groups in total. The van der Waals surface area contributed by atoms with Gasteiger partial charge in [0.25, 0.3) is 0 Å². The standard InChI is InChI=1S/C17H24O6/c1-17(2)22-15-14(20-10-11-7-5-4-6-8-11)13(12(9-18)19-3)21-16(15)23-17/h4-8,12-16,18H,9-10H2,1-3H3/t12-,13-,14+,15-,16-/m1/s1. The van der Waals surface area contributed by atoms with E-state index in [9.17, 15) is 5.11 Å².